The normalized spacial score (nSPS) is 17.1. The summed E-state index contributed by atoms with van der Waals surface area (Å²) in [5.41, 5.74) is 3.91. The minimum Gasteiger partial charge on any atom is -0.504 e. The van der Waals surface area contributed by atoms with Crippen LogP contribution in [0.1, 0.15) is 28.3 Å². The van der Waals surface area contributed by atoms with Crippen molar-refractivity contribution < 1.29 is 14.9 Å². The molecule has 2 aromatic rings. The van der Waals surface area contributed by atoms with Gasteiger partial charge in [0.05, 0.1) is 18.2 Å². The van der Waals surface area contributed by atoms with Gasteiger partial charge in [0.15, 0.2) is 11.5 Å². The molecule has 0 saturated heterocycles. The summed E-state index contributed by atoms with van der Waals surface area (Å²) in [4.78, 5) is 0. The predicted octanol–water partition coefficient (Wildman–Crippen LogP) is 3.30. The molecule has 1 heterocycles. The third-order valence-electron chi connectivity index (χ3n) is 4.02. The van der Waals surface area contributed by atoms with Crippen LogP contribution in [0.4, 0.5) is 0 Å². The first kappa shape index (κ1) is 15.0. The average molecular weight is 320 g/mol. The van der Waals surface area contributed by atoms with E-state index >= 15 is 0 Å². The molecular weight excluding hydrogens is 302 g/mol. The van der Waals surface area contributed by atoms with Crippen molar-refractivity contribution >= 4 is 11.6 Å². The van der Waals surface area contributed by atoms with Crippen LogP contribution in [0.2, 0.25) is 5.02 Å². The lowest BCUT2D eigenvalue weighted by molar-refractivity contribution is 0.395. The molecule has 0 spiro atoms. The molecule has 0 aromatic heterocycles. The van der Waals surface area contributed by atoms with Gasteiger partial charge in [-0.1, -0.05) is 17.7 Å². The number of phenolic OH excluding ortho intramolecular Hbond substituents is 2. The number of phenols is 2. The number of hydrogen-bond acceptors (Lipinski definition) is 4. The van der Waals surface area contributed by atoms with Crippen molar-refractivity contribution in [1.82, 2.24) is 5.32 Å². The van der Waals surface area contributed by atoms with Crippen molar-refractivity contribution in [3.05, 3.63) is 51.5 Å². The molecule has 0 fully saturated rings. The number of methoxy groups -OCH3 is 1. The lowest BCUT2D eigenvalue weighted by Gasteiger charge is -2.29. The van der Waals surface area contributed by atoms with Gasteiger partial charge in [0.1, 0.15) is 5.75 Å². The number of nitrogens with one attached hydrogen (secondary N) is 1. The molecule has 1 aliphatic rings. The number of fused-ring (bicyclic) bond motifs is 1. The summed E-state index contributed by atoms with van der Waals surface area (Å²) in [5.74, 6) is 0.420. The summed E-state index contributed by atoms with van der Waals surface area (Å²) in [5, 5.41) is 23.5. The van der Waals surface area contributed by atoms with E-state index in [0.29, 0.717) is 10.8 Å². The van der Waals surface area contributed by atoms with E-state index in [4.69, 9.17) is 16.3 Å². The van der Waals surface area contributed by atoms with Crippen molar-refractivity contribution in [1.29, 1.82) is 0 Å². The molecule has 116 valence electrons. The number of ether oxygens (including phenoxy) is 1. The molecule has 22 heavy (non-hydrogen) atoms. The second-order valence-electron chi connectivity index (χ2n) is 5.55. The summed E-state index contributed by atoms with van der Waals surface area (Å²) in [7, 11) is 1.60. The Labute approximate surface area is 134 Å². The zero-order valence-electron chi connectivity index (χ0n) is 12.5. The van der Waals surface area contributed by atoms with E-state index in [0.717, 1.165) is 35.2 Å². The molecular formula is C17H18ClNO3. The maximum Gasteiger partial charge on any atom is 0.157 e. The minimum absolute atomic E-state index is 0.0892. The van der Waals surface area contributed by atoms with Crippen LogP contribution in [0.5, 0.6) is 17.2 Å². The molecule has 1 unspecified atom stereocenters. The lowest BCUT2D eigenvalue weighted by Crippen LogP contribution is -2.31. The topological polar surface area (TPSA) is 61.7 Å². The van der Waals surface area contributed by atoms with Gasteiger partial charge in [-0.05, 0) is 48.2 Å². The number of rotatable bonds is 2. The summed E-state index contributed by atoms with van der Waals surface area (Å²) in [6, 6.07) is 6.99. The molecule has 3 N–H and O–H groups in total. The first-order chi connectivity index (χ1) is 10.5. The fourth-order valence-corrected chi connectivity index (χ4v) is 3.40. The van der Waals surface area contributed by atoms with Crippen LogP contribution in [0.3, 0.4) is 0 Å². The van der Waals surface area contributed by atoms with Gasteiger partial charge in [0.2, 0.25) is 0 Å². The Morgan fingerprint density at radius 1 is 1.14 bits per heavy atom. The van der Waals surface area contributed by atoms with Gasteiger partial charge in [-0.15, -0.1) is 0 Å². The number of aromatic hydroxyl groups is 2. The Morgan fingerprint density at radius 2 is 1.86 bits per heavy atom. The minimum atomic E-state index is -0.136. The molecule has 0 bridgehead atoms. The van der Waals surface area contributed by atoms with Gasteiger partial charge in [-0.2, -0.15) is 0 Å². The standard InChI is InChI=1S/C17H18ClNO3/c1-9-5-12(17(22-2)13(18)6-9)16-11-8-15(21)14(20)7-10(11)3-4-19-16/h5-8,16,19-21H,3-4H2,1-2H3. The highest BCUT2D eigenvalue weighted by molar-refractivity contribution is 6.32. The largest absolute Gasteiger partial charge is 0.504 e. The molecule has 4 nitrogen and oxygen atoms in total. The number of aryl methyl sites for hydroxylation is 1. The number of hydrogen-bond donors (Lipinski definition) is 3. The van der Waals surface area contributed by atoms with E-state index in [2.05, 4.69) is 5.32 Å². The third kappa shape index (κ3) is 2.49. The van der Waals surface area contributed by atoms with Gasteiger partial charge in [0, 0.05) is 12.1 Å². The molecule has 3 rings (SSSR count). The highest BCUT2D eigenvalue weighted by Crippen LogP contribution is 2.41. The maximum atomic E-state index is 9.84. The summed E-state index contributed by atoms with van der Waals surface area (Å²) in [6.07, 6.45) is 0.793. The van der Waals surface area contributed by atoms with Gasteiger partial charge in [0.25, 0.3) is 0 Å². The molecule has 2 aromatic carbocycles. The van der Waals surface area contributed by atoms with E-state index < -0.39 is 0 Å². The quantitative estimate of drug-likeness (QED) is 0.743. The van der Waals surface area contributed by atoms with Crippen LogP contribution in [0.25, 0.3) is 0 Å². The van der Waals surface area contributed by atoms with E-state index in [-0.39, 0.29) is 17.5 Å². The van der Waals surface area contributed by atoms with Crippen molar-refractivity contribution in [3.63, 3.8) is 0 Å². The number of benzene rings is 2. The monoisotopic (exact) mass is 319 g/mol. The predicted molar refractivity (Wildman–Crippen MR) is 86.1 cm³/mol. The van der Waals surface area contributed by atoms with Crippen molar-refractivity contribution in [3.8, 4) is 17.2 Å². The summed E-state index contributed by atoms with van der Waals surface area (Å²) < 4.78 is 5.47. The first-order valence-electron chi connectivity index (χ1n) is 7.13. The van der Waals surface area contributed by atoms with Gasteiger partial charge >= 0.3 is 0 Å². The fraction of sp³-hybridized carbons (Fsp3) is 0.294. The fourth-order valence-electron chi connectivity index (χ4n) is 3.05. The molecule has 0 amide bonds. The van der Waals surface area contributed by atoms with E-state index in [9.17, 15) is 10.2 Å². The Hall–Kier alpha value is -1.91. The van der Waals surface area contributed by atoms with Crippen LogP contribution in [-0.2, 0) is 6.42 Å². The highest BCUT2D eigenvalue weighted by Gasteiger charge is 2.26. The average Bonchev–Trinajstić information content (AvgIpc) is 2.47. The highest BCUT2D eigenvalue weighted by atomic mass is 35.5. The zero-order chi connectivity index (χ0) is 15.9. The first-order valence-corrected chi connectivity index (χ1v) is 7.51. The van der Waals surface area contributed by atoms with Crippen LogP contribution in [-0.4, -0.2) is 23.9 Å². The molecule has 0 saturated carbocycles. The maximum absolute atomic E-state index is 9.84. The lowest BCUT2D eigenvalue weighted by atomic mass is 9.88. The second-order valence-corrected chi connectivity index (χ2v) is 5.95. The van der Waals surface area contributed by atoms with Gasteiger partial charge in [-0.25, -0.2) is 0 Å². The molecule has 1 aliphatic heterocycles. The SMILES string of the molecule is COc1c(Cl)cc(C)cc1C1NCCc2cc(O)c(O)cc21. The van der Waals surface area contributed by atoms with E-state index in [1.54, 1.807) is 19.2 Å². The molecule has 1 atom stereocenters. The van der Waals surface area contributed by atoms with Crippen LogP contribution >= 0.6 is 11.6 Å². The Balaban J connectivity index is 2.18. The van der Waals surface area contributed by atoms with Crippen LogP contribution in [0.15, 0.2) is 24.3 Å². The molecule has 0 aliphatic carbocycles. The Bertz CT molecular complexity index is 730. The second kappa shape index (κ2) is 5.71. The summed E-state index contributed by atoms with van der Waals surface area (Å²) >= 11 is 6.30. The van der Waals surface area contributed by atoms with Crippen molar-refractivity contribution in [2.75, 3.05) is 13.7 Å². The van der Waals surface area contributed by atoms with Crippen LogP contribution in [0, 0.1) is 6.92 Å². The number of halogens is 1. The van der Waals surface area contributed by atoms with E-state index in [1.807, 2.05) is 19.1 Å². The Morgan fingerprint density at radius 3 is 2.59 bits per heavy atom. The molecule has 5 heteroatoms. The third-order valence-corrected chi connectivity index (χ3v) is 4.30. The Kier molecular flexibility index (Phi) is 3.89. The van der Waals surface area contributed by atoms with Gasteiger partial charge in [-0.3, -0.25) is 0 Å². The summed E-state index contributed by atoms with van der Waals surface area (Å²) in [6.45, 7) is 2.75. The van der Waals surface area contributed by atoms with Crippen molar-refractivity contribution in [2.45, 2.75) is 19.4 Å². The van der Waals surface area contributed by atoms with Crippen molar-refractivity contribution in [2.24, 2.45) is 0 Å². The smallest absolute Gasteiger partial charge is 0.157 e. The zero-order valence-corrected chi connectivity index (χ0v) is 13.2. The molecule has 0 radical (unpaired) electrons. The van der Waals surface area contributed by atoms with E-state index in [1.165, 1.54) is 0 Å². The van der Waals surface area contributed by atoms with Gasteiger partial charge < -0.3 is 20.3 Å². The van der Waals surface area contributed by atoms with Crippen LogP contribution < -0.4 is 10.1 Å².